The van der Waals surface area contributed by atoms with Gasteiger partial charge in [0.15, 0.2) is 6.39 Å². The number of aromatic nitrogens is 1. The minimum Gasteiger partial charge on any atom is -0.451 e. The number of rotatable bonds is 4. The number of hydrogen-bond acceptors (Lipinski definition) is 5. The predicted molar refractivity (Wildman–Crippen MR) is 70.0 cm³/mol. The first-order valence-corrected chi connectivity index (χ1v) is 6.77. The predicted octanol–water partition coefficient (Wildman–Crippen LogP) is 0.954. The van der Waals surface area contributed by atoms with Gasteiger partial charge in [-0.25, -0.2) is 9.78 Å². The van der Waals surface area contributed by atoms with Gasteiger partial charge < -0.3 is 19.4 Å². The van der Waals surface area contributed by atoms with Crippen LogP contribution in [0.2, 0.25) is 0 Å². The first kappa shape index (κ1) is 14.4. The molecule has 1 aromatic heterocycles. The molecule has 1 aliphatic rings. The van der Waals surface area contributed by atoms with Crippen molar-refractivity contribution in [2.75, 3.05) is 19.7 Å². The lowest BCUT2D eigenvalue weighted by molar-refractivity contribution is -0.121. The van der Waals surface area contributed by atoms with E-state index in [1.54, 1.807) is 11.8 Å². The molecular weight excluding hydrogens is 262 g/mol. The normalized spacial score (nSPS) is 15.9. The molecule has 1 aliphatic heterocycles. The average molecular weight is 281 g/mol. The van der Waals surface area contributed by atoms with Crippen molar-refractivity contribution in [2.45, 2.75) is 32.2 Å². The number of ether oxygens (including phenoxy) is 1. The molecule has 110 valence electrons. The van der Waals surface area contributed by atoms with Crippen molar-refractivity contribution in [1.82, 2.24) is 15.2 Å². The molecule has 20 heavy (non-hydrogen) atoms. The zero-order valence-corrected chi connectivity index (χ0v) is 11.5. The van der Waals surface area contributed by atoms with Crippen LogP contribution in [0.15, 0.2) is 17.1 Å². The second-order valence-electron chi connectivity index (χ2n) is 4.68. The van der Waals surface area contributed by atoms with Crippen molar-refractivity contribution >= 4 is 12.0 Å². The fourth-order valence-corrected chi connectivity index (χ4v) is 2.19. The lowest BCUT2D eigenvalue weighted by Crippen LogP contribution is -2.47. The van der Waals surface area contributed by atoms with Gasteiger partial charge in [0.1, 0.15) is 6.26 Å². The van der Waals surface area contributed by atoms with Gasteiger partial charge in [-0.15, -0.1) is 0 Å². The molecule has 2 amide bonds. The van der Waals surface area contributed by atoms with Gasteiger partial charge in [-0.3, -0.25) is 4.79 Å². The van der Waals surface area contributed by atoms with E-state index in [9.17, 15) is 9.59 Å². The number of nitrogens with zero attached hydrogens (tertiary/aromatic N) is 2. The van der Waals surface area contributed by atoms with E-state index >= 15 is 0 Å². The Bertz CT molecular complexity index is 438. The Hall–Kier alpha value is -2.05. The zero-order valence-electron chi connectivity index (χ0n) is 11.5. The number of hydrogen-bond donors (Lipinski definition) is 1. The fourth-order valence-electron chi connectivity index (χ4n) is 2.19. The van der Waals surface area contributed by atoms with Crippen molar-refractivity contribution in [3.63, 3.8) is 0 Å². The summed E-state index contributed by atoms with van der Waals surface area (Å²) >= 11 is 0. The topological polar surface area (TPSA) is 84.7 Å². The second-order valence-corrected chi connectivity index (χ2v) is 4.68. The number of piperidine rings is 1. The van der Waals surface area contributed by atoms with E-state index < -0.39 is 0 Å². The van der Waals surface area contributed by atoms with Gasteiger partial charge in [0.25, 0.3) is 0 Å². The van der Waals surface area contributed by atoms with Crippen LogP contribution in [0.4, 0.5) is 4.79 Å². The maximum atomic E-state index is 11.8. The van der Waals surface area contributed by atoms with E-state index in [2.05, 4.69) is 10.3 Å². The summed E-state index contributed by atoms with van der Waals surface area (Å²) in [5.74, 6) is -0.0755. The molecule has 0 unspecified atom stereocenters. The van der Waals surface area contributed by atoms with Crippen LogP contribution in [-0.4, -0.2) is 47.6 Å². The minimum absolute atomic E-state index is 0.0755. The number of nitrogens with one attached hydrogen (secondary N) is 1. The van der Waals surface area contributed by atoms with Crippen LogP contribution < -0.4 is 5.32 Å². The lowest BCUT2D eigenvalue weighted by atomic mass is 10.1. The van der Waals surface area contributed by atoms with Crippen LogP contribution >= 0.6 is 0 Å². The molecule has 7 nitrogen and oxygen atoms in total. The van der Waals surface area contributed by atoms with Gasteiger partial charge in [0.05, 0.1) is 18.7 Å². The van der Waals surface area contributed by atoms with Gasteiger partial charge in [0.2, 0.25) is 5.91 Å². The Morgan fingerprint density at radius 1 is 1.50 bits per heavy atom. The van der Waals surface area contributed by atoms with E-state index in [0.717, 1.165) is 12.8 Å². The summed E-state index contributed by atoms with van der Waals surface area (Å²) in [5, 5.41) is 2.95. The second kappa shape index (κ2) is 6.93. The summed E-state index contributed by atoms with van der Waals surface area (Å²) in [5.41, 5.74) is 0.617. The van der Waals surface area contributed by atoms with Crippen LogP contribution in [0.5, 0.6) is 0 Å². The molecule has 1 aromatic rings. The van der Waals surface area contributed by atoms with Crippen LogP contribution in [-0.2, 0) is 16.0 Å². The minimum atomic E-state index is -0.278. The molecule has 0 saturated carbocycles. The van der Waals surface area contributed by atoms with Crippen molar-refractivity contribution in [3.8, 4) is 0 Å². The van der Waals surface area contributed by atoms with Gasteiger partial charge in [-0.1, -0.05) is 0 Å². The quantitative estimate of drug-likeness (QED) is 0.888. The highest BCUT2D eigenvalue weighted by Gasteiger charge is 2.24. The number of carbonyl (C=O) groups excluding carboxylic acids is 2. The summed E-state index contributed by atoms with van der Waals surface area (Å²) in [7, 11) is 0. The van der Waals surface area contributed by atoms with E-state index in [0.29, 0.717) is 25.4 Å². The van der Waals surface area contributed by atoms with Crippen molar-refractivity contribution in [1.29, 1.82) is 0 Å². The summed E-state index contributed by atoms with van der Waals surface area (Å²) in [6, 6.07) is 0.0973. The lowest BCUT2D eigenvalue weighted by Gasteiger charge is -2.31. The highest BCUT2D eigenvalue weighted by molar-refractivity contribution is 5.78. The van der Waals surface area contributed by atoms with Crippen LogP contribution in [0.3, 0.4) is 0 Å². The number of likely N-dealkylation sites (tertiary alicyclic amines) is 1. The summed E-state index contributed by atoms with van der Waals surface area (Å²) < 4.78 is 9.77. The molecule has 0 bridgehead atoms. The van der Waals surface area contributed by atoms with Gasteiger partial charge >= 0.3 is 6.09 Å². The Morgan fingerprint density at radius 2 is 2.25 bits per heavy atom. The monoisotopic (exact) mass is 281 g/mol. The van der Waals surface area contributed by atoms with E-state index in [4.69, 9.17) is 9.15 Å². The number of carbonyl (C=O) groups is 2. The Labute approximate surface area is 117 Å². The van der Waals surface area contributed by atoms with E-state index in [1.807, 2.05) is 0 Å². The molecule has 1 saturated heterocycles. The largest absolute Gasteiger partial charge is 0.451 e. The van der Waals surface area contributed by atoms with Gasteiger partial charge in [-0.05, 0) is 19.8 Å². The molecule has 0 spiro atoms. The smallest absolute Gasteiger partial charge is 0.409 e. The maximum absolute atomic E-state index is 11.8. The molecule has 7 heteroatoms. The van der Waals surface area contributed by atoms with Gasteiger partial charge in [0, 0.05) is 19.1 Å². The summed E-state index contributed by atoms with van der Waals surface area (Å²) in [6.07, 6.45) is 4.19. The molecule has 2 heterocycles. The fraction of sp³-hybridized carbons (Fsp3) is 0.615. The molecule has 1 fully saturated rings. The SMILES string of the molecule is CCOC(=O)N1CCC(NC(=O)Cc2cocn2)CC1. The van der Waals surface area contributed by atoms with E-state index in [1.165, 1.54) is 12.7 Å². The third-order valence-corrected chi connectivity index (χ3v) is 3.21. The molecule has 0 atom stereocenters. The van der Waals surface area contributed by atoms with E-state index in [-0.39, 0.29) is 24.5 Å². The number of amides is 2. The molecule has 1 N–H and O–H groups in total. The average Bonchev–Trinajstić information content (AvgIpc) is 2.92. The Morgan fingerprint density at radius 3 is 2.85 bits per heavy atom. The Kier molecular flexibility index (Phi) is 4.97. The summed E-state index contributed by atoms with van der Waals surface area (Å²) in [6.45, 7) is 3.38. The van der Waals surface area contributed by atoms with Crippen molar-refractivity contribution in [3.05, 3.63) is 18.4 Å². The van der Waals surface area contributed by atoms with Gasteiger partial charge in [-0.2, -0.15) is 0 Å². The number of oxazole rings is 1. The summed E-state index contributed by atoms with van der Waals surface area (Å²) in [4.78, 5) is 28.9. The molecule has 0 aromatic carbocycles. The third-order valence-electron chi connectivity index (χ3n) is 3.21. The molecule has 0 radical (unpaired) electrons. The maximum Gasteiger partial charge on any atom is 0.409 e. The van der Waals surface area contributed by atoms with Crippen molar-refractivity contribution in [2.24, 2.45) is 0 Å². The first-order valence-electron chi connectivity index (χ1n) is 6.77. The highest BCUT2D eigenvalue weighted by atomic mass is 16.6. The van der Waals surface area contributed by atoms with Crippen LogP contribution in [0.25, 0.3) is 0 Å². The third kappa shape index (κ3) is 3.97. The highest BCUT2D eigenvalue weighted by Crippen LogP contribution is 2.11. The molecule has 0 aliphatic carbocycles. The van der Waals surface area contributed by atoms with Crippen molar-refractivity contribution < 1.29 is 18.7 Å². The standard InChI is InChI=1S/C13H19N3O4/c1-2-20-13(18)16-5-3-10(4-6-16)15-12(17)7-11-8-19-9-14-11/h8-10H,2-7H2,1H3,(H,15,17). The van der Waals surface area contributed by atoms with Crippen LogP contribution in [0.1, 0.15) is 25.5 Å². The zero-order chi connectivity index (χ0) is 14.4. The van der Waals surface area contributed by atoms with Crippen LogP contribution in [0, 0.1) is 0 Å². The molecule has 2 rings (SSSR count). The first-order chi connectivity index (χ1) is 9.69. The Balaban J connectivity index is 1.71. The molecular formula is C13H19N3O4.